The molecule has 0 unspecified atom stereocenters. The Hall–Kier alpha value is -2.07. The van der Waals surface area contributed by atoms with E-state index in [1.165, 1.54) is 11.3 Å². The Morgan fingerprint density at radius 3 is 1.57 bits per heavy atom. The highest BCUT2D eigenvalue weighted by Gasteiger charge is 2.16. The van der Waals surface area contributed by atoms with Gasteiger partial charge in [-0.15, -0.1) is 11.3 Å². The molecule has 0 fully saturated rings. The molecular weight excluding hydrogens is 284 g/mol. The van der Waals surface area contributed by atoms with Crippen molar-refractivity contribution in [2.75, 3.05) is 0 Å². The van der Waals surface area contributed by atoms with E-state index in [1.807, 2.05) is 13.8 Å². The number of fused-ring (bicyclic) bond motifs is 2. The largest absolute Gasteiger partial charge is 0.507 e. The summed E-state index contributed by atoms with van der Waals surface area (Å²) in [7, 11) is 0. The first kappa shape index (κ1) is 13.9. The number of phenols is 2. The zero-order valence-electron chi connectivity index (χ0n) is 12.4. The van der Waals surface area contributed by atoms with Crippen molar-refractivity contribution in [1.29, 1.82) is 0 Å². The molecule has 0 aliphatic carbocycles. The van der Waals surface area contributed by atoms with E-state index in [0.29, 0.717) is 33.0 Å². The highest BCUT2D eigenvalue weighted by molar-refractivity contribution is 7.25. The summed E-state index contributed by atoms with van der Waals surface area (Å²) in [5, 5.41) is 21.4. The van der Waals surface area contributed by atoms with Crippen LogP contribution in [-0.4, -0.2) is 10.2 Å². The van der Waals surface area contributed by atoms with Crippen LogP contribution in [0.2, 0.25) is 0 Å². The molecule has 0 atom stereocenters. The third-order valence-corrected chi connectivity index (χ3v) is 5.50. The van der Waals surface area contributed by atoms with E-state index < -0.39 is 0 Å². The van der Waals surface area contributed by atoms with Gasteiger partial charge in [0.25, 0.3) is 0 Å². The molecule has 0 spiro atoms. The Morgan fingerprint density at radius 1 is 0.810 bits per heavy atom. The number of rotatable bonds is 0. The molecule has 3 rings (SSSR count). The van der Waals surface area contributed by atoms with Crippen LogP contribution in [0.5, 0.6) is 11.5 Å². The predicted molar refractivity (Wildman–Crippen MR) is 87.9 cm³/mol. The van der Waals surface area contributed by atoms with E-state index in [2.05, 4.69) is 0 Å². The first-order valence-electron chi connectivity index (χ1n) is 6.71. The molecule has 1 heterocycles. The Kier molecular flexibility index (Phi) is 2.95. The second kappa shape index (κ2) is 4.46. The lowest BCUT2D eigenvalue weighted by Crippen LogP contribution is -2.04. The number of aromatic hydroxyl groups is 2. The van der Waals surface area contributed by atoms with Crippen LogP contribution in [-0.2, 0) is 0 Å². The van der Waals surface area contributed by atoms with Crippen molar-refractivity contribution in [3.63, 3.8) is 0 Å². The SMILES string of the molecule is Cc1cc2c(=O)c3cc(C)c(O)c(C)c3sc2c(C)c1O. The molecule has 0 aliphatic heterocycles. The quantitative estimate of drug-likeness (QED) is 0.616. The van der Waals surface area contributed by atoms with Gasteiger partial charge in [-0.2, -0.15) is 0 Å². The molecule has 21 heavy (non-hydrogen) atoms. The second-order valence-electron chi connectivity index (χ2n) is 5.52. The van der Waals surface area contributed by atoms with Crippen LogP contribution < -0.4 is 5.43 Å². The summed E-state index contributed by atoms with van der Waals surface area (Å²) in [6, 6.07) is 3.49. The minimum absolute atomic E-state index is 0.0452. The molecule has 1 aromatic heterocycles. The van der Waals surface area contributed by atoms with E-state index in [4.69, 9.17) is 0 Å². The fraction of sp³-hybridized carbons (Fsp3) is 0.235. The molecule has 0 amide bonds. The number of benzene rings is 2. The van der Waals surface area contributed by atoms with Crippen LogP contribution >= 0.6 is 11.3 Å². The van der Waals surface area contributed by atoms with Gasteiger partial charge in [0.05, 0.1) is 0 Å². The number of phenolic OH excluding ortho intramolecular Hbond substituents is 2. The summed E-state index contributed by atoms with van der Waals surface area (Å²) >= 11 is 1.44. The van der Waals surface area contributed by atoms with Crippen LogP contribution in [0.15, 0.2) is 16.9 Å². The van der Waals surface area contributed by atoms with Gasteiger partial charge in [0, 0.05) is 31.3 Å². The highest BCUT2D eigenvalue weighted by atomic mass is 32.1. The maximum atomic E-state index is 12.8. The standard InChI is InChI=1S/C17H16O3S/c1-7-5-11-15(20)12-6-8(2)14(19)10(4)17(12)21-16(11)9(3)13(7)18/h5-6,18-19H,1-4H3. The highest BCUT2D eigenvalue weighted by Crippen LogP contribution is 2.38. The molecule has 108 valence electrons. The number of aryl methyl sites for hydroxylation is 4. The van der Waals surface area contributed by atoms with Crippen molar-refractivity contribution < 1.29 is 10.2 Å². The van der Waals surface area contributed by atoms with Crippen LogP contribution in [0.4, 0.5) is 0 Å². The van der Waals surface area contributed by atoms with Gasteiger partial charge in [-0.1, -0.05) is 0 Å². The molecular formula is C17H16O3S. The molecule has 0 saturated carbocycles. The number of hydrogen-bond acceptors (Lipinski definition) is 4. The van der Waals surface area contributed by atoms with Crippen molar-refractivity contribution in [1.82, 2.24) is 0 Å². The summed E-state index contributed by atoms with van der Waals surface area (Å²) in [5.74, 6) is 0.456. The fourth-order valence-corrected chi connectivity index (χ4v) is 3.99. The van der Waals surface area contributed by atoms with E-state index in [0.717, 1.165) is 9.40 Å². The van der Waals surface area contributed by atoms with E-state index in [9.17, 15) is 15.0 Å². The Labute approximate surface area is 126 Å². The number of hydrogen-bond donors (Lipinski definition) is 2. The van der Waals surface area contributed by atoms with Gasteiger partial charge in [-0.05, 0) is 51.0 Å². The van der Waals surface area contributed by atoms with Crippen molar-refractivity contribution in [3.05, 3.63) is 44.6 Å². The van der Waals surface area contributed by atoms with Crippen molar-refractivity contribution in [2.24, 2.45) is 0 Å². The van der Waals surface area contributed by atoms with Crippen LogP contribution in [0.1, 0.15) is 22.3 Å². The Bertz CT molecular complexity index is 893. The van der Waals surface area contributed by atoms with E-state index in [-0.39, 0.29) is 16.9 Å². The third kappa shape index (κ3) is 1.83. The molecule has 3 nitrogen and oxygen atoms in total. The molecule has 0 saturated heterocycles. The fourth-order valence-electron chi connectivity index (χ4n) is 2.76. The molecule has 0 radical (unpaired) electrons. The van der Waals surface area contributed by atoms with Crippen LogP contribution in [0, 0.1) is 27.7 Å². The average Bonchev–Trinajstić information content (AvgIpc) is 2.45. The molecule has 4 heteroatoms. The molecule has 2 N–H and O–H groups in total. The Morgan fingerprint density at radius 2 is 1.19 bits per heavy atom. The normalized spacial score (nSPS) is 11.4. The summed E-state index contributed by atoms with van der Waals surface area (Å²) in [6.07, 6.45) is 0. The second-order valence-corrected chi connectivity index (χ2v) is 6.54. The summed E-state index contributed by atoms with van der Waals surface area (Å²) < 4.78 is 1.56. The lowest BCUT2D eigenvalue weighted by atomic mass is 10.0. The maximum Gasteiger partial charge on any atom is 0.195 e. The van der Waals surface area contributed by atoms with Gasteiger partial charge in [-0.3, -0.25) is 4.79 Å². The monoisotopic (exact) mass is 300 g/mol. The van der Waals surface area contributed by atoms with Crippen molar-refractivity contribution in [3.8, 4) is 11.5 Å². The maximum absolute atomic E-state index is 12.8. The van der Waals surface area contributed by atoms with Crippen molar-refractivity contribution >= 4 is 31.5 Å². The zero-order valence-corrected chi connectivity index (χ0v) is 13.2. The van der Waals surface area contributed by atoms with Crippen LogP contribution in [0.3, 0.4) is 0 Å². The smallest absolute Gasteiger partial charge is 0.195 e. The molecule has 2 aromatic carbocycles. The van der Waals surface area contributed by atoms with E-state index in [1.54, 1.807) is 26.0 Å². The lowest BCUT2D eigenvalue weighted by molar-refractivity contribution is 0.468. The van der Waals surface area contributed by atoms with Gasteiger partial charge < -0.3 is 10.2 Å². The van der Waals surface area contributed by atoms with Gasteiger partial charge in [0.1, 0.15) is 11.5 Å². The zero-order chi connectivity index (χ0) is 15.5. The minimum Gasteiger partial charge on any atom is -0.507 e. The third-order valence-electron chi connectivity index (χ3n) is 4.04. The van der Waals surface area contributed by atoms with Gasteiger partial charge in [0.15, 0.2) is 5.43 Å². The van der Waals surface area contributed by atoms with Gasteiger partial charge in [0.2, 0.25) is 0 Å². The first-order chi connectivity index (χ1) is 9.82. The molecule has 0 bridgehead atoms. The van der Waals surface area contributed by atoms with Crippen molar-refractivity contribution in [2.45, 2.75) is 27.7 Å². The Balaban J connectivity index is 2.66. The topological polar surface area (TPSA) is 57.5 Å². The van der Waals surface area contributed by atoms with Crippen LogP contribution in [0.25, 0.3) is 20.2 Å². The minimum atomic E-state index is -0.0452. The summed E-state index contributed by atoms with van der Waals surface area (Å²) in [6.45, 7) is 7.22. The van der Waals surface area contributed by atoms with Gasteiger partial charge >= 0.3 is 0 Å². The lowest BCUT2D eigenvalue weighted by Gasteiger charge is -2.11. The van der Waals surface area contributed by atoms with Gasteiger partial charge in [-0.25, -0.2) is 0 Å². The molecule has 3 aromatic rings. The summed E-state index contributed by atoms with van der Waals surface area (Å²) in [4.78, 5) is 12.8. The predicted octanol–water partition coefficient (Wildman–Crippen LogP) is 4.06. The first-order valence-corrected chi connectivity index (χ1v) is 7.53. The summed E-state index contributed by atoms with van der Waals surface area (Å²) in [5.41, 5.74) is 2.80. The average molecular weight is 300 g/mol. The van der Waals surface area contributed by atoms with E-state index >= 15 is 0 Å². The molecule has 0 aliphatic rings.